The average Bonchev–Trinajstić information content (AvgIpc) is 2.87. The Morgan fingerprint density at radius 2 is 0.641 bits per heavy atom. The zero-order valence-corrected chi connectivity index (χ0v) is 24.3. The van der Waals surface area contributed by atoms with Crippen LogP contribution >= 0.6 is 0 Å². The number of hydrogen-bond donors (Lipinski definition) is 4. The second kappa shape index (κ2) is 10.3. The van der Waals surface area contributed by atoms with E-state index >= 15 is 0 Å². The molecule has 0 amide bonds. The third-order valence-corrected chi connectivity index (χ3v) is 8.29. The minimum atomic E-state index is -0.657. The topological polar surface area (TPSA) is 80.9 Å². The van der Waals surface area contributed by atoms with E-state index in [1.807, 2.05) is 67.5 Å². The van der Waals surface area contributed by atoms with Crippen LogP contribution in [0.3, 0.4) is 0 Å². The molecule has 4 rings (SSSR count). The first-order chi connectivity index (χ1) is 18.3. The van der Waals surface area contributed by atoms with Crippen molar-refractivity contribution in [2.24, 2.45) is 0 Å². The molecular formula is C35H40O4. The Balaban J connectivity index is 2.10. The van der Waals surface area contributed by atoms with Crippen molar-refractivity contribution >= 4 is 0 Å². The summed E-state index contributed by atoms with van der Waals surface area (Å²) in [7, 11) is 0. The van der Waals surface area contributed by atoms with Crippen LogP contribution in [0.4, 0.5) is 0 Å². The molecule has 4 aromatic rings. The molecule has 39 heavy (non-hydrogen) atoms. The third kappa shape index (κ3) is 4.96. The minimum absolute atomic E-state index is 0.286. The summed E-state index contributed by atoms with van der Waals surface area (Å²) in [6.45, 7) is 15.4. The first kappa shape index (κ1) is 28.1. The van der Waals surface area contributed by atoms with Crippen LogP contribution in [0, 0.1) is 55.4 Å². The molecule has 0 aromatic heterocycles. The Morgan fingerprint density at radius 3 is 0.897 bits per heavy atom. The van der Waals surface area contributed by atoms with Crippen LogP contribution in [0.15, 0.2) is 48.5 Å². The fourth-order valence-corrected chi connectivity index (χ4v) is 6.06. The zero-order valence-electron chi connectivity index (χ0n) is 24.3. The number of aryl methyl sites for hydroxylation is 9. The Bertz CT molecular complexity index is 1350. The highest BCUT2D eigenvalue weighted by Crippen LogP contribution is 2.47. The van der Waals surface area contributed by atoms with Gasteiger partial charge >= 0.3 is 0 Å². The highest BCUT2D eigenvalue weighted by Gasteiger charge is 2.38. The molecule has 204 valence electrons. The summed E-state index contributed by atoms with van der Waals surface area (Å²) in [5.74, 6) is 1.18. The van der Waals surface area contributed by atoms with Crippen LogP contribution in [0.25, 0.3) is 0 Å². The summed E-state index contributed by atoms with van der Waals surface area (Å²) in [4.78, 5) is 0. The molecule has 0 fully saturated rings. The van der Waals surface area contributed by atoms with Gasteiger partial charge in [0.15, 0.2) is 0 Å². The molecule has 0 radical (unpaired) electrons. The van der Waals surface area contributed by atoms with Crippen molar-refractivity contribution in [3.05, 3.63) is 115 Å². The molecule has 4 aromatic carbocycles. The van der Waals surface area contributed by atoms with E-state index in [1.165, 1.54) is 0 Å². The van der Waals surface area contributed by atoms with Crippen LogP contribution < -0.4 is 0 Å². The predicted molar refractivity (Wildman–Crippen MR) is 159 cm³/mol. The number of phenols is 4. The fraction of sp³-hybridized carbons (Fsp3) is 0.314. The van der Waals surface area contributed by atoms with Crippen molar-refractivity contribution in [3.63, 3.8) is 0 Å². The highest BCUT2D eigenvalue weighted by molar-refractivity contribution is 5.60. The van der Waals surface area contributed by atoms with Gasteiger partial charge in [-0.15, -0.1) is 0 Å². The number of rotatable bonds is 6. The number of aromatic hydroxyl groups is 4. The van der Waals surface area contributed by atoms with Crippen LogP contribution in [0.1, 0.15) is 73.2 Å². The Morgan fingerprint density at radius 1 is 0.410 bits per heavy atom. The smallest absolute Gasteiger partial charge is 0.121 e. The van der Waals surface area contributed by atoms with Gasteiger partial charge < -0.3 is 20.4 Å². The van der Waals surface area contributed by atoms with Gasteiger partial charge in [-0.3, -0.25) is 0 Å². The van der Waals surface area contributed by atoms with Crippen LogP contribution in [0.5, 0.6) is 23.0 Å². The van der Waals surface area contributed by atoms with Gasteiger partial charge in [0, 0.05) is 5.41 Å². The molecule has 0 aliphatic carbocycles. The molecule has 0 aliphatic rings. The molecule has 0 aliphatic heterocycles. The molecule has 4 nitrogen and oxygen atoms in total. The molecule has 0 atom stereocenters. The summed E-state index contributed by atoms with van der Waals surface area (Å²) in [5, 5.41) is 42.5. The summed E-state index contributed by atoms with van der Waals surface area (Å²) in [5.41, 5.74) is 10.1. The maximum atomic E-state index is 10.7. The lowest BCUT2D eigenvalue weighted by Crippen LogP contribution is -2.31. The molecule has 0 spiro atoms. The lowest BCUT2D eigenvalue weighted by molar-refractivity contribution is 0.462. The molecule has 0 bridgehead atoms. The van der Waals surface area contributed by atoms with Crippen LogP contribution in [-0.2, 0) is 11.8 Å². The maximum absolute atomic E-state index is 10.7. The molecule has 0 heterocycles. The third-order valence-electron chi connectivity index (χ3n) is 8.29. The molecular weight excluding hydrogens is 484 g/mol. The largest absolute Gasteiger partial charge is 0.507 e. The van der Waals surface area contributed by atoms with Gasteiger partial charge in [0.1, 0.15) is 23.0 Å². The SMILES string of the molecule is Cc1cc(CCC(c2cc(C)c(O)c(C)c2)(c2cc(C)c(O)c(C)c2)c2cc(C)c(O)c(C)c2)cc(C)c1O. The van der Waals surface area contributed by atoms with E-state index in [-0.39, 0.29) is 17.2 Å². The van der Waals surface area contributed by atoms with Gasteiger partial charge in [-0.1, -0.05) is 48.5 Å². The monoisotopic (exact) mass is 524 g/mol. The first-order valence-electron chi connectivity index (χ1n) is 13.5. The van der Waals surface area contributed by atoms with Gasteiger partial charge in [-0.05, 0) is 135 Å². The quantitative estimate of drug-likeness (QED) is 0.193. The van der Waals surface area contributed by atoms with Crippen molar-refractivity contribution < 1.29 is 20.4 Å². The second-order valence-electron chi connectivity index (χ2n) is 11.4. The van der Waals surface area contributed by atoms with Crippen molar-refractivity contribution in [2.45, 2.75) is 73.6 Å². The second-order valence-corrected chi connectivity index (χ2v) is 11.4. The van der Waals surface area contributed by atoms with Crippen molar-refractivity contribution in [2.75, 3.05) is 0 Å². The number of hydrogen-bond acceptors (Lipinski definition) is 4. The first-order valence-corrected chi connectivity index (χ1v) is 13.5. The van der Waals surface area contributed by atoms with E-state index in [4.69, 9.17) is 0 Å². The molecule has 4 N–H and O–H groups in total. The summed E-state index contributed by atoms with van der Waals surface area (Å²) < 4.78 is 0. The van der Waals surface area contributed by atoms with E-state index < -0.39 is 5.41 Å². The van der Waals surface area contributed by atoms with Gasteiger partial charge in [0.05, 0.1) is 0 Å². The summed E-state index contributed by atoms with van der Waals surface area (Å²) in [6, 6.07) is 16.4. The Labute approximate surface area is 232 Å². The van der Waals surface area contributed by atoms with Crippen molar-refractivity contribution in [1.82, 2.24) is 0 Å². The van der Waals surface area contributed by atoms with E-state index in [1.54, 1.807) is 0 Å². The lowest BCUT2D eigenvalue weighted by atomic mass is 9.64. The highest BCUT2D eigenvalue weighted by atomic mass is 16.3. The molecule has 0 saturated heterocycles. The molecule has 0 saturated carbocycles. The van der Waals surface area contributed by atoms with Gasteiger partial charge in [-0.25, -0.2) is 0 Å². The Kier molecular flexibility index (Phi) is 7.44. The van der Waals surface area contributed by atoms with Gasteiger partial charge in [0.2, 0.25) is 0 Å². The molecule has 4 heteroatoms. The lowest BCUT2D eigenvalue weighted by Gasteiger charge is -2.38. The summed E-state index contributed by atoms with van der Waals surface area (Å²) in [6.07, 6.45) is 1.41. The predicted octanol–water partition coefficient (Wildman–Crippen LogP) is 7.94. The molecule has 0 unspecified atom stereocenters. The maximum Gasteiger partial charge on any atom is 0.121 e. The summed E-state index contributed by atoms with van der Waals surface area (Å²) >= 11 is 0. The van der Waals surface area contributed by atoms with Crippen molar-refractivity contribution in [3.8, 4) is 23.0 Å². The van der Waals surface area contributed by atoms with E-state index in [2.05, 4.69) is 36.4 Å². The standard InChI is InChI=1S/C35H40O4/c1-19-11-27(12-20(2)31(19)36)9-10-35(28-13-21(3)32(37)22(4)14-28,29-15-23(5)33(38)24(6)16-29)30-17-25(7)34(39)26(8)18-30/h11-18,36-39H,9-10H2,1-8H3. The zero-order chi connectivity index (χ0) is 28.8. The van der Waals surface area contributed by atoms with E-state index in [0.29, 0.717) is 12.2 Å². The van der Waals surface area contributed by atoms with E-state index in [9.17, 15) is 20.4 Å². The Hall–Kier alpha value is -3.92. The minimum Gasteiger partial charge on any atom is -0.507 e. The van der Waals surface area contributed by atoms with Crippen LogP contribution in [0.2, 0.25) is 0 Å². The number of phenolic OH excluding ortho intramolecular Hbond substituents is 4. The van der Waals surface area contributed by atoms with Crippen LogP contribution in [-0.4, -0.2) is 20.4 Å². The van der Waals surface area contributed by atoms with E-state index in [0.717, 1.165) is 73.2 Å². The fourth-order valence-electron chi connectivity index (χ4n) is 6.06. The average molecular weight is 525 g/mol. The number of benzene rings is 4. The normalized spacial score (nSPS) is 11.7. The van der Waals surface area contributed by atoms with Gasteiger partial charge in [-0.2, -0.15) is 0 Å². The van der Waals surface area contributed by atoms with Gasteiger partial charge in [0.25, 0.3) is 0 Å². The van der Waals surface area contributed by atoms with Crippen molar-refractivity contribution in [1.29, 1.82) is 0 Å².